The molecule has 19 heavy (non-hydrogen) atoms. The first-order chi connectivity index (χ1) is 9.04. The van der Waals surface area contributed by atoms with E-state index in [1.165, 1.54) is 0 Å². The summed E-state index contributed by atoms with van der Waals surface area (Å²) in [5.74, 6) is 0.572. The molecule has 0 radical (unpaired) electrons. The lowest BCUT2D eigenvalue weighted by molar-refractivity contribution is -0.169. The van der Waals surface area contributed by atoms with Crippen molar-refractivity contribution < 1.29 is 19.1 Å². The number of hydrogen-bond acceptors (Lipinski definition) is 4. The van der Waals surface area contributed by atoms with Crippen molar-refractivity contribution in [1.82, 2.24) is 0 Å². The van der Waals surface area contributed by atoms with Crippen LogP contribution < -0.4 is 0 Å². The summed E-state index contributed by atoms with van der Waals surface area (Å²) in [5, 5.41) is 0. The summed E-state index contributed by atoms with van der Waals surface area (Å²) in [6.07, 6.45) is 5.07. The molecule has 2 saturated carbocycles. The first kappa shape index (κ1) is 12.9. The van der Waals surface area contributed by atoms with Crippen LogP contribution in [0.3, 0.4) is 0 Å². The minimum absolute atomic E-state index is 0.0360. The lowest BCUT2D eigenvalue weighted by Gasteiger charge is -2.37. The standard InChI is InChI=1S/C15H22O4/c1-3-9(2)14(17)18-12-7-10-6-11(12)15(8-10)5-4-13(16)19-15/h9-12H,3-8H2,1-2H3. The SMILES string of the molecule is CCC(C)C(=O)OC1CC2CC1C1(CCC(=O)O1)C2. The van der Waals surface area contributed by atoms with Crippen molar-refractivity contribution in [2.75, 3.05) is 0 Å². The normalized spacial score (nSPS) is 41.6. The van der Waals surface area contributed by atoms with Crippen LogP contribution in [0.25, 0.3) is 0 Å². The van der Waals surface area contributed by atoms with Crippen LogP contribution in [0.1, 0.15) is 52.4 Å². The summed E-state index contributed by atoms with van der Waals surface area (Å²) >= 11 is 0. The maximum atomic E-state index is 11.9. The van der Waals surface area contributed by atoms with Crippen molar-refractivity contribution in [3.05, 3.63) is 0 Å². The molecule has 1 aliphatic heterocycles. The van der Waals surface area contributed by atoms with Crippen molar-refractivity contribution in [3.8, 4) is 0 Å². The number of ether oxygens (including phenoxy) is 2. The van der Waals surface area contributed by atoms with Crippen molar-refractivity contribution in [2.45, 2.75) is 64.1 Å². The summed E-state index contributed by atoms with van der Waals surface area (Å²) in [7, 11) is 0. The van der Waals surface area contributed by atoms with Gasteiger partial charge in [0.25, 0.3) is 0 Å². The Bertz CT molecular complexity index is 405. The molecule has 1 heterocycles. The number of fused-ring (bicyclic) bond motifs is 3. The molecule has 1 spiro atoms. The molecular formula is C15H22O4. The molecule has 2 aliphatic carbocycles. The van der Waals surface area contributed by atoms with Gasteiger partial charge in [0.1, 0.15) is 11.7 Å². The van der Waals surface area contributed by atoms with Gasteiger partial charge in [-0.3, -0.25) is 9.59 Å². The van der Waals surface area contributed by atoms with E-state index in [2.05, 4.69) is 0 Å². The number of carbonyl (C=O) groups excluding carboxylic acids is 2. The highest BCUT2D eigenvalue weighted by atomic mass is 16.6. The van der Waals surface area contributed by atoms with Gasteiger partial charge in [-0.25, -0.2) is 0 Å². The Morgan fingerprint density at radius 1 is 1.53 bits per heavy atom. The molecule has 3 aliphatic rings. The number of esters is 2. The zero-order chi connectivity index (χ0) is 13.6. The lowest BCUT2D eigenvalue weighted by Crippen LogP contribution is -2.43. The largest absolute Gasteiger partial charge is 0.462 e. The molecule has 2 bridgehead atoms. The van der Waals surface area contributed by atoms with Crippen molar-refractivity contribution in [3.63, 3.8) is 0 Å². The van der Waals surface area contributed by atoms with E-state index in [0.717, 1.165) is 32.1 Å². The molecule has 0 aromatic rings. The van der Waals surface area contributed by atoms with Gasteiger partial charge < -0.3 is 9.47 Å². The minimum atomic E-state index is -0.305. The van der Waals surface area contributed by atoms with Crippen LogP contribution in [-0.4, -0.2) is 23.6 Å². The van der Waals surface area contributed by atoms with E-state index < -0.39 is 0 Å². The highest BCUT2D eigenvalue weighted by Crippen LogP contribution is 2.57. The van der Waals surface area contributed by atoms with Gasteiger partial charge in [-0.1, -0.05) is 13.8 Å². The van der Waals surface area contributed by atoms with Crippen molar-refractivity contribution >= 4 is 11.9 Å². The molecule has 4 heteroatoms. The highest BCUT2D eigenvalue weighted by Gasteiger charge is 2.61. The second-order valence-corrected chi connectivity index (χ2v) is 6.47. The molecule has 5 unspecified atom stereocenters. The van der Waals surface area contributed by atoms with Crippen LogP contribution in [0.4, 0.5) is 0 Å². The van der Waals surface area contributed by atoms with Crippen LogP contribution in [0, 0.1) is 17.8 Å². The van der Waals surface area contributed by atoms with Gasteiger partial charge in [-0.15, -0.1) is 0 Å². The summed E-state index contributed by atoms with van der Waals surface area (Å²) in [5.41, 5.74) is -0.305. The molecule has 1 saturated heterocycles. The van der Waals surface area contributed by atoms with Gasteiger partial charge in [0, 0.05) is 12.3 Å². The molecule has 3 fully saturated rings. The summed E-state index contributed by atoms with van der Waals surface area (Å²) in [6.45, 7) is 3.90. The third kappa shape index (κ3) is 2.05. The van der Waals surface area contributed by atoms with Crippen molar-refractivity contribution in [2.24, 2.45) is 17.8 Å². The van der Waals surface area contributed by atoms with Gasteiger partial charge in [0.15, 0.2) is 0 Å². The maximum Gasteiger partial charge on any atom is 0.308 e. The summed E-state index contributed by atoms with van der Waals surface area (Å²) in [4.78, 5) is 23.4. The first-order valence-corrected chi connectivity index (χ1v) is 7.46. The van der Waals surface area contributed by atoms with E-state index in [1.807, 2.05) is 13.8 Å². The molecule has 3 rings (SSSR count). The number of hydrogen-bond donors (Lipinski definition) is 0. The smallest absolute Gasteiger partial charge is 0.308 e. The fourth-order valence-electron chi connectivity index (χ4n) is 4.07. The summed E-state index contributed by atoms with van der Waals surface area (Å²) in [6, 6.07) is 0. The molecule has 4 nitrogen and oxygen atoms in total. The van der Waals surface area contributed by atoms with Gasteiger partial charge in [0.05, 0.1) is 5.92 Å². The first-order valence-electron chi connectivity index (χ1n) is 7.46. The minimum Gasteiger partial charge on any atom is -0.462 e. The van der Waals surface area contributed by atoms with Gasteiger partial charge >= 0.3 is 11.9 Å². The van der Waals surface area contributed by atoms with Crippen LogP contribution >= 0.6 is 0 Å². The molecule has 0 amide bonds. The lowest BCUT2D eigenvalue weighted by atomic mass is 9.80. The average molecular weight is 266 g/mol. The maximum absolute atomic E-state index is 11.9. The Labute approximate surface area is 113 Å². The molecule has 106 valence electrons. The third-order valence-electron chi connectivity index (χ3n) is 5.26. The zero-order valence-corrected chi connectivity index (χ0v) is 11.7. The summed E-state index contributed by atoms with van der Waals surface area (Å²) < 4.78 is 11.3. The molecule has 0 aromatic carbocycles. The van der Waals surface area contributed by atoms with E-state index in [4.69, 9.17) is 9.47 Å². The fourth-order valence-corrected chi connectivity index (χ4v) is 4.07. The third-order valence-corrected chi connectivity index (χ3v) is 5.26. The highest BCUT2D eigenvalue weighted by molar-refractivity contribution is 5.73. The van der Waals surface area contributed by atoms with E-state index in [0.29, 0.717) is 12.3 Å². The Morgan fingerprint density at radius 3 is 2.89 bits per heavy atom. The number of rotatable bonds is 3. The Hall–Kier alpha value is -1.06. The van der Waals surface area contributed by atoms with E-state index in [-0.39, 0.29) is 35.5 Å². The second kappa shape index (κ2) is 4.50. The van der Waals surface area contributed by atoms with Crippen LogP contribution in [0.15, 0.2) is 0 Å². The molecule has 5 atom stereocenters. The topological polar surface area (TPSA) is 52.6 Å². The monoisotopic (exact) mass is 266 g/mol. The second-order valence-electron chi connectivity index (χ2n) is 6.47. The van der Waals surface area contributed by atoms with Crippen molar-refractivity contribution in [1.29, 1.82) is 0 Å². The Balaban J connectivity index is 1.69. The predicted molar refractivity (Wildman–Crippen MR) is 68.2 cm³/mol. The Morgan fingerprint density at radius 2 is 2.32 bits per heavy atom. The molecule has 0 N–H and O–H groups in total. The van der Waals surface area contributed by atoms with Gasteiger partial charge in [0.2, 0.25) is 0 Å². The van der Waals surface area contributed by atoms with Gasteiger partial charge in [-0.05, 0) is 38.0 Å². The predicted octanol–water partition coefficient (Wildman–Crippen LogP) is 2.45. The number of carbonyl (C=O) groups is 2. The zero-order valence-electron chi connectivity index (χ0n) is 11.7. The van der Waals surface area contributed by atoms with Gasteiger partial charge in [-0.2, -0.15) is 0 Å². The Kier molecular flexibility index (Phi) is 3.06. The average Bonchev–Trinajstić information content (AvgIpc) is 3.03. The van der Waals surface area contributed by atoms with Crippen LogP contribution in [0.5, 0.6) is 0 Å². The van der Waals surface area contributed by atoms with Crippen LogP contribution in [0.2, 0.25) is 0 Å². The van der Waals surface area contributed by atoms with E-state index >= 15 is 0 Å². The quantitative estimate of drug-likeness (QED) is 0.736. The molecule has 0 aromatic heterocycles. The van der Waals surface area contributed by atoms with E-state index in [1.54, 1.807) is 0 Å². The van der Waals surface area contributed by atoms with E-state index in [9.17, 15) is 9.59 Å². The molecular weight excluding hydrogens is 244 g/mol. The fraction of sp³-hybridized carbons (Fsp3) is 0.867. The van der Waals surface area contributed by atoms with Crippen LogP contribution in [-0.2, 0) is 19.1 Å².